The van der Waals surface area contributed by atoms with Crippen molar-refractivity contribution in [1.29, 1.82) is 0 Å². The maximum Gasteiger partial charge on any atom is 0.303 e. The highest BCUT2D eigenvalue weighted by Gasteiger charge is 2.22. The molecule has 6 heteroatoms. The molecule has 2 rings (SSSR count). The number of carboxylic acids is 1. The Kier molecular flexibility index (Phi) is 8.66. The molecule has 5 nitrogen and oxygen atoms in total. The molecule has 1 aliphatic heterocycles. The van der Waals surface area contributed by atoms with Crippen molar-refractivity contribution in [2.24, 2.45) is 0 Å². The SMILES string of the molecule is Cl.O=C(O)CCCN1CCCCC1CNC(=O)c1ccccc1. The summed E-state index contributed by atoms with van der Waals surface area (Å²) in [7, 11) is 0. The maximum atomic E-state index is 12.1. The van der Waals surface area contributed by atoms with Crippen LogP contribution >= 0.6 is 12.4 Å². The van der Waals surface area contributed by atoms with E-state index < -0.39 is 5.97 Å². The molecule has 0 aliphatic carbocycles. The number of piperidine rings is 1. The van der Waals surface area contributed by atoms with Gasteiger partial charge in [0, 0.05) is 24.6 Å². The average Bonchev–Trinajstić information content (AvgIpc) is 2.54. The molecule has 1 unspecified atom stereocenters. The van der Waals surface area contributed by atoms with Gasteiger partial charge in [0.05, 0.1) is 0 Å². The van der Waals surface area contributed by atoms with Gasteiger partial charge in [0.2, 0.25) is 0 Å². The van der Waals surface area contributed by atoms with E-state index in [1.165, 1.54) is 6.42 Å². The summed E-state index contributed by atoms with van der Waals surface area (Å²) in [6, 6.07) is 9.53. The van der Waals surface area contributed by atoms with Crippen molar-refractivity contribution in [1.82, 2.24) is 10.2 Å². The molecule has 1 aliphatic rings. The van der Waals surface area contributed by atoms with Gasteiger partial charge in [0.25, 0.3) is 5.91 Å². The molecule has 1 saturated heterocycles. The summed E-state index contributed by atoms with van der Waals surface area (Å²) in [6.45, 7) is 2.41. The third-order valence-corrected chi connectivity index (χ3v) is 4.12. The first-order chi connectivity index (χ1) is 10.7. The lowest BCUT2D eigenvalue weighted by Gasteiger charge is -2.35. The van der Waals surface area contributed by atoms with Crippen molar-refractivity contribution in [3.63, 3.8) is 0 Å². The van der Waals surface area contributed by atoms with Crippen molar-refractivity contribution in [3.05, 3.63) is 35.9 Å². The highest BCUT2D eigenvalue weighted by molar-refractivity contribution is 5.94. The first-order valence-corrected chi connectivity index (χ1v) is 7.96. The first-order valence-electron chi connectivity index (χ1n) is 7.96. The van der Waals surface area contributed by atoms with Crippen LogP contribution in [0, 0.1) is 0 Å². The van der Waals surface area contributed by atoms with E-state index in [4.69, 9.17) is 5.11 Å². The van der Waals surface area contributed by atoms with Crippen LogP contribution in [0.1, 0.15) is 42.5 Å². The molecule has 0 saturated carbocycles. The van der Waals surface area contributed by atoms with Crippen LogP contribution in [-0.4, -0.2) is 47.6 Å². The third kappa shape index (κ3) is 6.59. The van der Waals surface area contributed by atoms with Crippen LogP contribution in [0.15, 0.2) is 30.3 Å². The van der Waals surface area contributed by atoms with Crippen LogP contribution in [0.2, 0.25) is 0 Å². The number of carbonyl (C=O) groups excluding carboxylic acids is 1. The average molecular weight is 341 g/mol. The van der Waals surface area contributed by atoms with Crippen LogP contribution < -0.4 is 5.32 Å². The summed E-state index contributed by atoms with van der Waals surface area (Å²) in [6.07, 6.45) is 4.25. The van der Waals surface area contributed by atoms with E-state index in [9.17, 15) is 9.59 Å². The van der Waals surface area contributed by atoms with E-state index in [0.29, 0.717) is 24.6 Å². The zero-order valence-corrected chi connectivity index (χ0v) is 14.1. The number of benzene rings is 1. The molecule has 23 heavy (non-hydrogen) atoms. The number of hydrogen-bond acceptors (Lipinski definition) is 3. The molecule has 1 amide bonds. The topological polar surface area (TPSA) is 69.6 Å². The maximum absolute atomic E-state index is 12.1. The predicted molar refractivity (Wildman–Crippen MR) is 92.1 cm³/mol. The quantitative estimate of drug-likeness (QED) is 0.800. The summed E-state index contributed by atoms with van der Waals surface area (Å²) in [4.78, 5) is 25.0. The Balaban J connectivity index is 0.00000264. The number of halogens is 1. The fraction of sp³-hybridized carbons (Fsp3) is 0.529. The first kappa shape index (κ1) is 19.5. The van der Waals surface area contributed by atoms with Gasteiger partial charge in [-0.25, -0.2) is 0 Å². The molecule has 1 atom stereocenters. The number of carboxylic acid groups (broad SMARTS) is 1. The summed E-state index contributed by atoms with van der Waals surface area (Å²) in [5, 5.41) is 11.7. The van der Waals surface area contributed by atoms with Crippen LogP contribution in [0.4, 0.5) is 0 Å². The second-order valence-electron chi connectivity index (χ2n) is 5.76. The Morgan fingerprint density at radius 3 is 2.65 bits per heavy atom. The molecule has 0 aromatic heterocycles. The second-order valence-corrected chi connectivity index (χ2v) is 5.76. The molecular formula is C17H25ClN2O3. The smallest absolute Gasteiger partial charge is 0.303 e. The second kappa shape index (κ2) is 10.2. The summed E-state index contributed by atoms with van der Waals surface area (Å²) in [5.74, 6) is -0.789. The lowest BCUT2D eigenvalue weighted by molar-refractivity contribution is -0.137. The molecule has 1 aromatic carbocycles. The van der Waals surface area contributed by atoms with Gasteiger partial charge in [0.1, 0.15) is 0 Å². The van der Waals surface area contributed by atoms with E-state index in [2.05, 4.69) is 10.2 Å². The highest BCUT2D eigenvalue weighted by atomic mass is 35.5. The minimum absolute atomic E-state index is 0. The molecule has 0 radical (unpaired) electrons. The lowest BCUT2D eigenvalue weighted by Crippen LogP contribution is -2.47. The molecule has 128 valence electrons. The summed E-state index contributed by atoms with van der Waals surface area (Å²) >= 11 is 0. The molecule has 1 fully saturated rings. The normalized spacial score (nSPS) is 18.0. The fourth-order valence-corrected chi connectivity index (χ4v) is 2.92. The van der Waals surface area contributed by atoms with E-state index >= 15 is 0 Å². The Morgan fingerprint density at radius 2 is 1.96 bits per heavy atom. The number of likely N-dealkylation sites (tertiary alicyclic amines) is 1. The van der Waals surface area contributed by atoms with Crippen LogP contribution in [-0.2, 0) is 4.79 Å². The molecule has 1 aromatic rings. The number of carbonyl (C=O) groups is 2. The van der Waals surface area contributed by atoms with Gasteiger partial charge in [-0.15, -0.1) is 12.4 Å². The number of nitrogens with one attached hydrogen (secondary N) is 1. The Hall–Kier alpha value is -1.59. The molecular weight excluding hydrogens is 316 g/mol. The van der Waals surface area contributed by atoms with Crippen molar-refractivity contribution in [2.75, 3.05) is 19.6 Å². The minimum Gasteiger partial charge on any atom is -0.481 e. The summed E-state index contributed by atoms with van der Waals surface area (Å²) in [5.41, 5.74) is 0.677. The van der Waals surface area contributed by atoms with Crippen LogP contribution in [0.5, 0.6) is 0 Å². The van der Waals surface area contributed by atoms with Gasteiger partial charge in [-0.05, 0) is 44.5 Å². The van der Waals surface area contributed by atoms with Gasteiger partial charge in [-0.3, -0.25) is 14.5 Å². The van der Waals surface area contributed by atoms with Crippen molar-refractivity contribution in [2.45, 2.75) is 38.1 Å². The zero-order chi connectivity index (χ0) is 15.8. The van der Waals surface area contributed by atoms with Gasteiger partial charge in [0.15, 0.2) is 0 Å². The van der Waals surface area contributed by atoms with Gasteiger partial charge < -0.3 is 10.4 Å². The largest absolute Gasteiger partial charge is 0.481 e. The van der Waals surface area contributed by atoms with Crippen molar-refractivity contribution >= 4 is 24.3 Å². The number of nitrogens with zero attached hydrogens (tertiary/aromatic N) is 1. The van der Waals surface area contributed by atoms with E-state index in [0.717, 1.165) is 25.9 Å². The molecule has 0 spiro atoms. The summed E-state index contributed by atoms with van der Waals surface area (Å²) < 4.78 is 0. The van der Waals surface area contributed by atoms with Crippen molar-refractivity contribution < 1.29 is 14.7 Å². The van der Waals surface area contributed by atoms with Crippen molar-refractivity contribution in [3.8, 4) is 0 Å². The van der Waals surface area contributed by atoms with Gasteiger partial charge >= 0.3 is 5.97 Å². The third-order valence-electron chi connectivity index (χ3n) is 4.12. The Bertz CT molecular complexity index is 496. The monoisotopic (exact) mass is 340 g/mol. The van der Waals surface area contributed by atoms with E-state index in [1.807, 2.05) is 18.2 Å². The van der Waals surface area contributed by atoms with E-state index in [-0.39, 0.29) is 24.7 Å². The number of aliphatic carboxylic acids is 1. The van der Waals surface area contributed by atoms with E-state index in [1.54, 1.807) is 12.1 Å². The number of amides is 1. The Labute approximate surface area is 143 Å². The van der Waals surface area contributed by atoms with Crippen LogP contribution in [0.3, 0.4) is 0 Å². The molecule has 2 N–H and O–H groups in total. The number of hydrogen-bond donors (Lipinski definition) is 2. The van der Waals surface area contributed by atoms with Gasteiger partial charge in [-0.1, -0.05) is 24.6 Å². The lowest BCUT2D eigenvalue weighted by atomic mass is 10.0. The minimum atomic E-state index is -0.745. The molecule has 0 bridgehead atoms. The zero-order valence-electron chi connectivity index (χ0n) is 13.2. The number of rotatable bonds is 7. The Morgan fingerprint density at radius 1 is 1.22 bits per heavy atom. The molecule has 1 heterocycles. The van der Waals surface area contributed by atoms with Crippen LogP contribution in [0.25, 0.3) is 0 Å². The fourth-order valence-electron chi connectivity index (χ4n) is 2.92. The predicted octanol–water partition coefficient (Wildman–Crippen LogP) is 2.56. The standard InChI is InChI=1S/C17H24N2O3.ClH/c20-16(21)10-6-12-19-11-5-4-9-15(19)13-18-17(22)14-7-2-1-3-8-14;/h1-3,7-8,15H,4-6,9-13H2,(H,18,22)(H,20,21);1H. The highest BCUT2D eigenvalue weighted by Crippen LogP contribution is 2.17. The van der Waals surface area contributed by atoms with Gasteiger partial charge in [-0.2, -0.15) is 0 Å².